The van der Waals surface area contributed by atoms with Crippen molar-refractivity contribution in [1.29, 1.82) is 0 Å². The number of aromatic nitrogens is 1. The highest BCUT2D eigenvalue weighted by atomic mass is 79.9. The molecule has 0 unspecified atom stereocenters. The average molecular weight is 281 g/mol. The van der Waals surface area contributed by atoms with Crippen LogP contribution < -0.4 is 0 Å². The first kappa shape index (κ1) is 11.0. The summed E-state index contributed by atoms with van der Waals surface area (Å²) in [4.78, 5) is 15.8. The maximum absolute atomic E-state index is 11.0. The van der Waals surface area contributed by atoms with Crippen LogP contribution in [0.15, 0.2) is 21.6 Å². The van der Waals surface area contributed by atoms with Gasteiger partial charge in [0, 0.05) is 4.90 Å². The van der Waals surface area contributed by atoms with Gasteiger partial charge in [0.1, 0.15) is 10.3 Å². The third kappa shape index (κ3) is 2.97. The molecule has 5 heteroatoms. The zero-order valence-corrected chi connectivity index (χ0v) is 10.0. The first-order chi connectivity index (χ1) is 6.15. The number of carbonyl (C=O) groups is 1. The number of carbonyl (C=O) groups excluding carboxylic acids is 1. The van der Waals surface area contributed by atoms with Crippen LogP contribution in [0.4, 0.5) is 0 Å². The molecule has 0 radical (unpaired) electrons. The van der Waals surface area contributed by atoms with Crippen molar-refractivity contribution in [3.8, 4) is 0 Å². The van der Waals surface area contributed by atoms with Crippen LogP contribution in [-0.2, 0) is 0 Å². The highest BCUT2D eigenvalue weighted by Gasteiger charge is 2.10. The average Bonchev–Trinajstić information content (AvgIpc) is 2.08. The summed E-state index contributed by atoms with van der Waals surface area (Å²) in [6.07, 6.45) is 0. The molecule has 0 aliphatic rings. The fraction of sp³-hybridized carbons (Fsp3) is 0.250. The number of thioether (sulfide) groups is 1. The molecular formula is C8H7BrClNOS. The third-order valence-corrected chi connectivity index (χ3v) is 2.86. The fourth-order valence-corrected chi connectivity index (χ4v) is 2.10. The molecule has 13 heavy (non-hydrogen) atoms. The van der Waals surface area contributed by atoms with Crippen LogP contribution in [0.25, 0.3) is 0 Å². The van der Waals surface area contributed by atoms with E-state index in [9.17, 15) is 4.79 Å². The zero-order valence-electron chi connectivity index (χ0n) is 6.88. The molecule has 0 aliphatic carbocycles. The fourth-order valence-electron chi connectivity index (χ4n) is 0.835. The smallest absolute Gasteiger partial charge is 0.272 e. The lowest BCUT2D eigenvalue weighted by atomic mass is 10.4. The predicted octanol–water partition coefficient (Wildman–Crippen LogP) is 3.34. The van der Waals surface area contributed by atoms with Crippen LogP contribution in [-0.4, -0.2) is 16.0 Å². The molecule has 0 spiro atoms. The minimum Gasteiger partial charge on any atom is -0.274 e. The van der Waals surface area contributed by atoms with Crippen LogP contribution in [0.1, 0.15) is 17.4 Å². The molecule has 0 saturated carbocycles. The van der Waals surface area contributed by atoms with Gasteiger partial charge in [-0.2, -0.15) is 0 Å². The van der Waals surface area contributed by atoms with Gasteiger partial charge in [-0.1, -0.05) is 6.92 Å². The Balaban J connectivity index is 3.10. The number of hydrogen-bond donors (Lipinski definition) is 0. The summed E-state index contributed by atoms with van der Waals surface area (Å²) in [5.41, 5.74) is 0.322. The largest absolute Gasteiger partial charge is 0.274 e. The molecule has 1 rings (SSSR count). The Labute approximate surface area is 94.2 Å². The zero-order chi connectivity index (χ0) is 9.84. The summed E-state index contributed by atoms with van der Waals surface area (Å²) < 4.78 is 0.622. The monoisotopic (exact) mass is 279 g/mol. The van der Waals surface area contributed by atoms with Gasteiger partial charge >= 0.3 is 0 Å². The van der Waals surface area contributed by atoms with E-state index in [1.54, 1.807) is 17.8 Å². The second kappa shape index (κ2) is 4.98. The summed E-state index contributed by atoms with van der Waals surface area (Å²) >= 11 is 10.1. The first-order valence-electron chi connectivity index (χ1n) is 3.64. The molecule has 0 aliphatic heterocycles. The highest BCUT2D eigenvalue weighted by molar-refractivity contribution is 9.10. The van der Waals surface area contributed by atoms with Gasteiger partial charge in [0.2, 0.25) is 0 Å². The maximum atomic E-state index is 11.0. The minimum atomic E-state index is -0.516. The molecule has 0 aromatic carbocycles. The second-order valence-corrected chi connectivity index (χ2v) is 4.65. The Morgan fingerprint density at radius 3 is 2.92 bits per heavy atom. The summed E-state index contributed by atoms with van der Waals surface area (Å²) in [6.45, 7) is 2.01. The van der Waals surface area contributed by atoms with Gasteiger partial charge in [0.25, 0.3) is 5.24 Å². The van der Waals surface area contributed by atoms with Gasteiger partial charge in [-0.15, -0.1) is 11.8 Å². The van der Waals surface area contributed by atoms with Crippen molar-refractivity contribution in [3.63, 3.8) is 0 Å². The van der Waals surface area contributed by atoms with Gasteiger partial charge < -0.3 is 0 Å². The van der Waals surface area contributed by atoms with E-state index >= 15 is 0 Å². The molecule has 1 heterocycles. The predicted molar refractivity (Wildman–Crippen MR) is 58.5 cm³/mol. The molecule has 0 atom stereocenters. The molecule has 1 aromatic heterocycles. The lowest BCUT2D eigenvalue weighted by Gasteiger charge is -2.02. The molecule has 2 nitrogen and oxygen atoms in total. The number of pyridine rings is 1. The summed E-state index contributed by atoms with van der Waals surface area (Å²) in [5.74, 6) is 0.889. The summed E-state index contributed by atoms with van der Waals surface area (Å²) in [7, 11) is 0. The van der Waals surface area contributed by atoms with Gasteiger partial charge in [-0.25, -0.2) is 4.98 Å². The first-order valence-corrected chi connectivity index (χ1v) is 5.80. The summed E-state index contributed by atoms with van der Waals surface area (Å²) in [5, 5.41) is -0.516. The molecular weight excluding hydrogens is 274 g/mol. The van der Waals surface area contributed by atoms with Crippen molar-refractivity contribution in [2.75, 3.05) is 5.75 Å². The van der Waals surface area contributed by atoms with Crippen LogP contribution in [0.2, 0.25) is 0 Å². The lowest BCUT2D eigenvalue weighted by molar-refractivity contribution is 0.107. The highest BCUT2D eigenvalue weighted by Crippen LogP contribution is 2.24. The standard InChI is InChI=1S/C8H7BrClNOS/c1-2-13-5-3-4-6(9)11-7(5)8(10)12/h3-4H,2H2,1H3. The minimum absolute atomic E-state index is 0.322. The van der Waals surface area contributed by atoms with Crippen molar-refractivity contribution in [2.45, 2.75) is 11.8 Å². The van der Waals surface area contributed by atoms with Crippen molar-refractivity contribution in [2.24, 2.45) is 0 Å². The van der Waals surface area contributed by atoms with E-state index in [1.807, 2.05) is 13.0 Å². The van der Waals surface area contributed by atoms with Gasteiger partial charge in [0.05, 0.1) is 0 Å². The SMILES string of the molecule is CCSc1ccc(Br)nc1C(=O)Cl. The topological polar surface area (TPSA) is 30.0 Å². The quantitative estimate of drug-likeness (QED) is 0.483. The van der Waals surface area contributed by atoms with Gasteiger partial charge in [-0.05, 0) is 45.4 Å². The molecule has 0 N–H and O–H groups in total. The molecule has 70 valence electrons. The molecule has 0 bridgehead atoms. The maximum Gasteiger partial charge on any atom is 0.272 e. The Bertz CT molecular complexity index is 332. The van der Waals surface area contributed by atoms with E-state index in [-0.39, 0.29) is 0 Å². The van der Waals surface area contributed by atoms with E-state index in [4.69, 9.17) is 11.6 Å². The van der Waals surface area contributed by atoms with Gasteiger partial charge in [0.15, 0.2) is 0 Å². The number of nitrogens with zero attached hydrogens (tertiary/aromatic N) is 1. The van der Waals surface area contributed by atoms with E-state index in [0.29, 0.717) is 10.3 Å². The second-order valence-electron chi connectivity index (χ2n) is 2.19. The number of rotatable bonds is 3. The third-order valence-electron chi connectivity index (χ3n) is 1.31. The molecule has 0 saturated heterocycles. The van der Waals surface area contributed by atoms with E-state index in [2.05, 4.69) is 20.9 Å². The Morgan fingerprint density at radius 2 is 2.38 bits per heavy atom. The van der Waals surface area contributed by atoms with Crippen molar-refractivity contribution in [3.05, 3.63) is 22.4 Å². The van der Waals surface area contributed by atoms with Crippen LogP contribution in [0.3, 0.4) is 0 Å². The Morgan fingerprint density at radius 1 is 1.69 bits per heavy atom. The van der Waals surface area contributed by atoms with Crippen molar-refractivity contribution < 1.29 is 4.79 Å². The Kier molecular flexibility index (Phi) is 4.22. The van der Waals surface area contributed by atoms with Crippen LogP contribution >= 0.6 is 39.3 Å². The van der Waals surface area contributed by atoms with Crippen LogP contribution in [0.5, 0.6) is 0 Å². The van der Waals surface area contributed by atoms with Crippen molar-refractivity contribution in [1.82, 2.24) is 4.98 Å². The molecule has 0 amide bonds. The van der Waals surface area contributed by atoms with E-state index in [1.165, 1.54) is 0 Å². The number of hydrogen-bond acceptors (Lipinski definition) is 3. The van der Waals surface area contributed by atoms with Gasteiger partial charge in [-0.3, -0.25) is 4.79 Å². The van der Waals surface area contributed by atoms with Crippen molar-refractivity contribution >= 4 is 44.5 Å². The van der Waals surface area contributed by atoms with Crippen LogP contribution in [0, 0.1) is 0 Å². The van der Waals surface area contributed by atoms with E-state index in [0.717, 1.165) is 10.6 Å². The lowest BCUT2D eigenvalue weighted by Crippen LogP contribution is -1.97. The molecule has 0 fully saturated rings. The van der Waals surface area contributed by atoms with E-state index < -0.39 is 5.24 Å². The Hall–Kier alpha value is -0.0600. The molecule has 1 aromatic rings. The normalized spacial score (nSPS) is 10.1. The summed E-state index contributed by atoms with van der Waals surface area (Å²) in [6, 6.07) is 3.63. The number of halogens is 2.